The number of ether oxygens (including phenoxy) is 1. The summed E-state index contributed by atoms with van der Waals surface area (Å²) >= 11 is 0. The van der Waals surface area contributed by atoms with Crippen molar-refractivity contribution in [1.29, 1.82) is 0 Å². The first-order valence-corrected chi connectivity index (χ1v) is 6.37. The van der Waals surface area contributed by atoms with Crippen molar-refractivity contribution in [2.24, 2.45) is 0 Å². The number of imidazole rings is 1. The first kappa shape index (κ1) is 16.2. The molecule has 2 rings (SSSR count). The lowest BCUT2D eigenvalue weighted by Gasteiger charge is -2.17. The van der Waals surface area contributed by atoms with Crippen LogP contribution in [0.2, 0.25) is 0 Å². The molecule has 0 bridgehead atoms. The standard InChI is InChI=1S/C15H18N2O2.ClH/c1-11(2)19-15(18)14-9-16-10-17(14)12(3)13-7-5-4-6-8-13;/h4-12H,1-3H3;1H. The normalized spacial score (nSPS) is 11.8. The largest absolute Gasteiger partial charge is 0.458 e. The second-order valence-electron chi connectivity index (χ2n) is 4.73. The average molecular weight is 295 g/mol. The molecule has 1 heterocycles. The summed E-state index contributed by atoms with van der Waals surface area (Å²) in [6.07, 6.45) is 3.07. The molecule has 108 valence electrons. The highest BCUT2D eigenvalue weighted by molar-refractivity contribution is 5.87. The van der Waals surface area contributed by atoms with Gasteiger partial charge in [-0.15, -0.1) is 12.4 Å². The minimum atomic E-state index is -0.338. The van der Waals surface area contributed by atoms with E-state index in [1.807, 2.05) is 55.7 Å². The van der Waals surface area contributed by atoms with Crippen LogP contribution in [0.25, 0.3) is 0 Å². The van der Waals surface area contributed by atoms with Crippen LogP contribution in [0, 0.1) is 0 Å². The number of esters is 1. The lowest BCUT2D eigenvalue weighted by molar-refractivity contribution is 0.0364. The molecule has 0 amide bonds. The molecule has 0 saturated heterocycles. The Kier molecular flexibility index (Phi) is 5.77. The molecular weight excluding hydrogens is 276 g/mol. The third-order valence-corrected chi connectivity index (χ3v) is 2.92. The summed E-state index contributed by atoms with van der Waals surface area (Å²) in [5.74, 6) is -0.338. The smallest absolute Gasteiger partial charge is 0.356 e. The summed E-state index contributed by atoms with van der Waals surface area (Å²) in [6.45, 7) is 5.70. The molecule has 1 atom stereocenters. The molecule has 1 unspecified atom stereocenters. The maximum Gasteiger partial charge on any atom is 0.356 e. The summed E-state index contributed by atoms with van der Waals surface area (Å²) < 4.78 is 7.05. The lowest BCUT2D eigenvalue weighted by Crippen LogP contribution is -2.18. The Balaban J connectivity index is 0.00000200. The van der Waals surface area contributed by atoms with Crippen LogP contribution in [0.15, 0.2) is 42.9 Å². The van der Waals surface area contributed by atoms with Crippen molar-refractivity contribution in [2.75, 3.05) is 0 Å². The number of nitrogens with zero attached hydrogens (tertiary/aromatic N) is 2. The third-order valence-electron chi connectivity index (χ3n) is 2.92. The molecule has 4 nitrogen and oxygen atoms in total. The Hall–Kier alpha value is -1.81. The Morgan fingerprint density at radius 1 is 1.20 bits per heavy atom. The Morgan fingerprint density at radius 3 is 2.45 bits per heavy atom. The fourth-order valence-corrected chi connectivity index (χ4v) is 1.94. The van der Waals surface area contributed by atoms with Crippen molar-refractivity contribution >= 4 is 18.4 Å². The zero-order chi connectivity index (χ0) is 13.8. The van der Waals surface area contributed by atoms with Crippen LogP contribution in [0.3, 0.4) is 0 Å². The highest BCUT2D eigenvalue weighted by Gasteiger charge is 2.18. The zero-order valence-corrected chi connectivity index (χ0v) is 12.6. The molecular formula is C15H19ClN2O2. The molecule has 5 heteroatoms. The van der Waals surface area contributed by atoms with E-state index in [2.05, 4.69) is 4.98 Å². The third kappa shape index (κ3) is 3.61. The zero-order valence-electron chi connectivity index (χ0n) is 11.8. The van der Waals surface area contributed by atoms with E-state index < -0.39 is 0 Å². The molecule has 1 aromatic heterocycles. The minimum Gasteiger partial charge on any atom is -0.458 e. The highest BCUT2D eigenvalue weighted by Crippen LogP contribution is 2.19. The number of halogens is 1. The van der Waals surface area contributed by atoms with Gasteiger partial charge in [0.15, 0.2) is 0 Å². The Labute approximate surface area is 125 Å². The van der Waals surface area contributed by atoms with Crippen LogP contribution in [0.5, 0.6) is 0 Å². The molecule has 20 heavy (non-hydrogen) atoms. The maximum atomic E-state index is 12.0. The van der Waals surface area contributed by atoms with Crippen molar-refractivity contribution in [3.63, 3.8) is 0 Å². The van der Waals surface area contributed by atoms with E-state index in [9.17, 15) is 4.79 Å². The SMILES string of the molecule is CC(C)OC(=O)c1cncn1C(C)c1ccccc1.Cl. The van der Waals surface area contributed by atoms with Gasteiger partial charge in [-0.05, 0) is 26.3 Å². The summed E-state index contributed by atoms with van der Waals surface area (Å²) in [7, 11) is 0. The van der Waals surface area contributed by atoms with Crippen LogP contribution < -0.4 is 0 Å². The highest BCUT2D eigenvalue weighted by atomic mass is 35.5. The van der Waals surface area contributed by atoms with Gasteiger partial charge in [0, 0.05) is 0 Å². The van der Waals surface area contributed by atoms with Gasteiger partial charge in [0.1, 0.15) is 5.69 Å². The van der Waals surface area contributed by atoms with Gasteiger partial charge in [-0.1, -0.05) is 30.3 Å². The molecule has 0 saturated carbocycles. The van der Waals surface area contributed by atoms with Gasteiger partial charge in [0.2, 0.25) is 0 Å². The quantitative estimate of drug-likeness (QED) is 0.811. The molecule has 0 N–H and O–H groups in total. The number of carbonyl (C=O) groups is 1. The predicted molar refractivity (Wildman–Crippen MR) is 80.3 cm³/mol. The molecule has 0 fully saturated rings. The van der Waals surface area contributed by atoms with Crippen molar-refractivity contribution in [2.45, 2.75) is 32.9 Å². The lowest BCUT2D eigenvalue weighted by atomic mass is 10.1. The molecule has 0 spiro atoms. The molecule has 2 aromatic rings. The first-order valence-electron chi connectivity index (χ1n) is 6.37. The van der Waals surface area contributed by atoms with Gasteiger partial charge in [0.05, 0.1) is 24.7 Å². The number of carbonyl (C=O) groups excluding carboxylic acids is 1. The Bertz CT molecular complexity index is 552. The van der Waals surface area contributed by atoms with Gasteiger partial charge < -0.3 is 9.30 Å². The van der Waals surface area contributed by atoms with Crippen LogP contribution in [-0.2, 0) is 4.74 Å². The van der Waals surface area contributed by atoms with Crippen molar-refractivity contribution in [3.05, 3.63) is 54.1 Å². The summed E-state index contributed by atoms with van der Waals surface area (Å²) in [6, 6.07) is 10.0. The average Bonchev–Trinajstić information content (AvgIpc) is 2.87. The van der Waals surface area contributed by atoms with E-state index in [-0.39, 0.29) is 30.5 Å². The summed E-state index contributed by atoms with van der Waals surface area (Å²) in [4.78, 5) is 16.0. The molecule has 0 aliphatic heterocycles. The number of rotatable bonds is 4. The van der Waals surface area contributed by atoms with Crippen LogP contribution in [0.4, 0.5) is 0 Å². The molecule has 0 aliphatic rings. The van der Waals surface area contributed by atoms with Crippen molar-refractivity contribution in [3.8, 4) is 0 Å². The van der Waals surface area contributed by atoms with E-state index in [0.29, 0.717) is 5.69 Å². The van der Waals surface area contributed by atoms with Gasteiger partial charge in [-0.25, -0.2) is 9.78 Å². The number of hydrogen-bond acceptors (Lipinski definition) is 3. The maximum absolute atomic E-state index is 12.0. The van der Waals surface area contributed by atoms with Gasteiger partial charge in [-0.2, -0.15) is 0 Å². The first-order chi connectivity index (χ1) is 9.09. The molecule has 1 aromatic carbocycles. The summed E-state index contributed by atoms with van der Waals surface area (Å²) in [5.41, 5.74) is 1.60. The Morgan fingerprint density at radius 2 is 1.85 bits per heavy atom. The second-order valence-corrected chi connectivity index (χ2v) is 4.73. The second kappa shape index (κ2) is 7.10. The fourth-order valence-electron chi connectivity index (χ4n) is 1.94. The van der Waals surface area contributed by atoms with Crippen LogP contribution in [0.1, 0.15) is 42.9 Å². The summed E-state index contributed by atoms with van der Waals surface area (Å²) in [5, 5.41) is 0. The van der Waals surface area contributed by atoms with E-state index in [1.54, 1.807) is 12.5 Å². The number of benzene rings is 1. The van der Waals surface area contributed by atoms with Gasteiger partial charge in [0.25, 0.3) is 0 Å². The van der Waals surface area contributed by atoms with E-state index >= 15 is 0 Å². The molecule has 0 aliphatic carbocycles. The number of aromatic nitrogens is 2. The predicted octanol–water partition coefficient (Wildman–Crippen LogP) is 3.48. The van der Waals surface area contributed by atoms with Crippen molar-refractivity contribution in [1.82, 2.24) is 9.55 Å². The number of hydrogen-bond donors (Lipinski definition) is 0. The molecule has 0 radical (unpaired) electrons. The fraction of sp³-hybridized carbons (Fsp3) is 0.333. The van der Waals surface area contributed by atoms with E-state index in [0.717, 1.165) is 5.56 Å². The van der Waals surface area contributed by atoms with Crippen molar-refractivity contribution < 1.29 is 9.53 Å². The van der Waals surface area contributed by atoms with Crippen LogP contribution >= 0.6 is 12.4 Å². The van der Waals surface area contributed by atoms with E-state index in [1.165, 1.54) is 0 Å². The monoisotopic (exact) mass is 294 g/mol. The van der Waals surface area contributed by atoms with Gasteiger partial charge >= 0.3 is 5.97 Å². The minimum absolute atomic E-state index is 0. The van der Waals surface area contributed by atoms with Crippen LogP contribution in [-0.4, -0.2) is 21.6 Å². The topological polar surface area (TPSA) is 44.1 Å². The van der Waals surface area contributed by atoms with Gasteiger partial charge in [-0.3, -0.25) is 0 Å². The van der Waals surface area contributed by atoms with E-state index in [4.69, 9.17) is 4.74 Å².